The number of phenols is 1. The number of hydrogen-bond donors (Lipinski definition) is 2. The highest BCUT2D eigenvalue weighted by Crippen LogP contribution is 2.48. The first-order chi connectivity index (χ1) is 18.1. The molecule has 0 spiro atoms. The molecule has 2 aromatic carbocycles. The van der Waals surface area contributed by atoms with Gasteiger partial charge in [-0.2, -0.15) is 0 Å². The number of aromatic hydroxyl groups is 1. The first-order valence-corrected chi connectivity index (χ1v) is 15.1. The molecule has 0 heterocycles. The van der Waals surface area contributed by atoms with E-state index in [0.717, 1.165) is 10.5 Å². The van der Waals surface area contributed by atoms with Crippen LogP contribution >= 0.6 is 31.2 Å². The van der Waals surface area contributed by atoms with Gasteiger partial charge in [-0.1, -0.05) is 29.4 Å². The van der Waals surface area contributed by atoms with Crippen LogP contribution < -0.4 is 10.1 Å². The number of ether oxygens (including phenoxy) is 2. The Kier molecular flexibility index (Phi) is 12.0. The van der Waals surface area contributed by atoms with Crippen LogP contribution in [0.1, 0.15) is 53.5 Å². The van der Waals surface area contributed by atoms with Gasteiger partial charge in [-0.3, -0.25) is 13.6 Å². The van der Waals surface area contributed by atoms with Gasteiger partial charge in [-0.25, -0.2) is 9.36 Å². The number of nitrogens with one attached hydrogen (secondary N) is 1. The minimum atomic E-state index is -3.77. The molecule has 2 aromatic rings. The Morgan fingerprint density at radius 2 is 1.77 bits per heavy atom. The van der Waals surface area contributed by atoms with Crippen molar-refractivity contribution in [1.29, 1.82) is 0 Å². The first-order valence-electron chi connectivity index (χ1n) is 12.4. The molecule has 0 aromatic heterocycles. The minimum absolute atomic E-state index is 0.0120. The van der Waals surface area contributed by atoms with E-state index in [0.29, 0.717) is 28.5 Å². The summed E-state index contributed by atoms with van der Waals surface area (Å²) in [5.74, 6) is 0.809. The molecule has 0 saturated heterocycles. The van der Waals surface area contributed by atoms with Crippen LogP contribution in [0.2, 0.25) is 5.02 Å². The number of amides is 1. The van der Waals surface area contributed by atoms with Gasteiger partial charge in [-0.15, -0.1) is 0 Å². The van der Waals surface area contributed by atoms with Crippen LogP contribution in [0.3, 0.4) is 0 Å². The largest absolute Gasteiger partial charge is 0.507 e. The molecule has 1 atom stereocenters. The van der Waals surface area contributed by atoms with Gasteiger partial charge in [0.25, 0.3) is 0 Å². The summed E-state index contributed by atoms with van der Waals surface area (Å²) >= 11 is 7.99. The summed E-state index contributed by atoms with van der Waals surface area (Å²) in [7, 11) is -1.34. The second kappa shape index (κ2) is 14.1. The molecule has 1 amide bonds. The number of aryl methyl sites for hydroxylation is 1. The second-order valence-electron chi connectivity index (χ2n) is 10.4. The highest BCUT2D eigenvalue weighted by molar-refractivity contribution is 7.99. The van der Waals surface area contributed by atoms with E-state index in [1.54, 1.807) is 45.9 Å². The predicted octanol–water partition coefficient (Wildman–Crippen LogP) is 7.62. The first kappa shape index (κ1) is 33.3. The number of phosphoric ester groups is 1. The van der Waals surface area contributed by atoms with Crippen molar-refractivity contribution in [2.45, 2.75) is 81.4 Å². The van der Waals surface area contributed by atoms with E-state index in [4.69, 9.17) is 34.6 Å². The number of carbonyl (C=O) groups is 1. The number of hydrogen-bond acceptors (Lipinski definition) is 9. The third-order valence-corrected chi connectivity index (χ3v) is 8.02. The maximum atomic E-state index is 12.6. The lowest BCUT2D eigenvalue weighted by atomic mass is 9.94. The lowest BCUT2D eigenvalue weighted by Gasteiger charge is -2.32. The van der Waals surface area contributed by atoms with Crippen LogP contribution in [-0.4, -0.2) is 49.3 Å². The van der Waals surface area contributed by atoms with Crippen molar-refractivity contribution in [2.24, 2.45) is 0 Å². The van der Waals surface area contributed by atoms with Gasteiger partial charge in [0.15, 0.2) is 0 Å². The van der Waals surface area contributed by atoms with Crippen molar-refractivity contribution in [1.82, 2.24) is 5.32 Å². The molecule has 0 aliphatic carbocycles. The zero-order valence-electron chi connectivity index (χ0n) is 23.7. The highest BCUT2D eigenvalue weighted by Gasteiger charge is 2.34. The van der Waals surface area contributed by atoms with Crippen LogP contribution in [0.4, 0.5) is 4.79 Å². The number of rotatable bonds is 13. The summed E-state index contributed by atoms with van der Waals surface area (Å²) in [6.45, 7) is 10.7. The summed E-state index contributed by atoms with van der Waals surface area (Å²) in [5.41, 5.74) is -0.860. The summed E-state index contributed by atoms with van der Waals surface area (Å²) in [4.78, 5) is 14.0. The molecule has 0 unspecified atom stereocenters. The Hall–Kier alpha value is -1.94. The fourth-order valence-electron chi connectivity index (χ4n) is 3.38. The summed E-state index contributed by atoms with van der Waals surface area (Å²) < 4.78 is 38.8. The quantitative estimate of drug-likeness (QED) is 0.223. The second-order valence-corrected chi connectivity index (χ2v) is 13.8. The van der Waals surface area contributed by atoms with Crippen molar-refractivity contribution >= 4 is 37.3 Å². The predicted molar refractivity (Wildman–Crippen MR) is 153 cm³/mol. The Bertz CT molecular complexity index is 1160. The molecule has 2 N–H and O–H groups in total. The Morgan fingerprint density at radius 1 is 1.10 bits per heavy atom. The fraction of sp³-hybridized carbons (Fsp3) is 0.519. The van der Waals surface area contributed by atoms with Gasteiger partial charge < -0.3 is 19.9 Å². The average Bonchev–Trinajstić information content (AvgIpc) is 2.82. The van der Waals surface area contributed by atoms with Crippen LogP contribution in [-0.2, 0) is 29.3 Å². The molecule has 0 bridgehead atoms. The Labute approximate surface area is 240 Å². The van der Waals surface area contributed by atoms with Crippen LogP contribution in [0.15, 0.2) is 46.2 Å². The zero-order chi connectivity index (χ0) is 29.4. The topological polar surface area (TPSA) is 113 Å². The van der Waals surface area contributed by atoms with Gasteiger partial charge in [0.1, 0.15) is 17.1 Å². The van der Waals surface area contributed by atoms with Crippen molar-refractivity contribution in [3.8, 4) is 11.5 Å². The van der Waals surface area contributed by atoms with E-state index in [9.17, 15) is 14.5 Å². The number of halogens is 1. The van der Waals surface area contributed by atoms with Gasteiger partial charge in [-0.05, 0) is 90.3 Å². The number of alkyl carbamates (subject to hydrolysis) is 1. The standard InChI is InChI=1S/C27H39ClNO8PS/c1-18(2)36-20-10-12-23(30)24(15-20)39-21-11-9-19(22(28)16-21)13-14-27(6,17-35-38(32,33-7)34-8)29-25(31)37-26(3,4)5/h9-12,15-16,18,30H,13-14,17H2,1-8H3,(H,29,31)/t27-/m0/s1. The summed E-state index contributed by atoms with van der Waals surface area (Å²) in [6, 6.07) is 10.7. The zero-order valence-corrected chi connectivity index (χ0v) is 26.2. The average molecular weight is 604 g/mol. The molecule has 0 radical (unpaired) electrons. The Balaban J connectivity index is 2.18. The highest BCUT2D eigenvalue weighted by atomic mass is 35.5. The number of phosphoric acid groups is 1. The molecule has 39 heavy (non-hydrogen) atoms. The molecule has 12 heteroatoms. The van der Waals surface area contributed by atoms with Crippen molar-refractivity contribution < 1.29 is 37.5 Å². The van der Waals surface area contributed by atoms with Gasteiger partial charge in [0.05, 0.1) is 23.1 Å². The van der Waals surface area contributed by atoms with Gasteiger partial charge >= 0.3 is 13.9 Å². The molecule has 9 nitrogen and oxygen atoms in total. The maximum absolute atomic E-state index is 12.6. The van der Waals surface area contributed by atoms with Crippen LogP contribution in [0, 0.1) is 0 Å². The molecule has 218 valence electrons. The van der Waals surface area contributed by atoms with Gasteiger partial charge in [0.2, 0.25) is 0 Å². The van der Waals surface area contributed by atoms with E-state index in [2.05, 4.69) is 5.32 Å². The molecule has 2 rings (SSSR count). The van der Waals surface area contributed by atoms with Crippen molar-refractivity contribution in [3.05, 3.63) is 47.0 Å². The smallest absolute Gasteiger partial charge is 0.474 e. The summed E-state index contributed by atoms with van der Waals surface area (Å²) in [5, 5.41) is 13.7. The monoisotopic (exact) mass is 603 g/mol. The maximum Gasteiger partial charge on any atom is 0.474 e. The molecular weight excluding hydrogens is 565 g/mol. The number of benzene rings is 2. The van der Waals surface area contributed by atoms with E-state index in [1.807, 2.05) is 32.0 Å². The van der Waals surface area contributed by atoms with E-state index < -0.39 is 25.1 Å². The van der Waals surface area contributed by atoms with Crippen LogP contribution in [0.25, 0.3) is 0 Å². The van der Waals surface area contributed by atoms with Gasteiger partial charge in [0, 0.05) is 24.1 Å². The lowest BCUT2D eigenvalue weighted by Crippen LogP contribution is -2.51. The lowest BCUT2D eigenvalue weighted by molar-refractivity contribution is 0.0389. The minimum Gasteiger partial charge on any atom is -0.507 e. The Morgan fingerprint density at radius 3 is 2.33 bits per heavy atom. The molecule has 0 aliphatic heterocycles. The molecule has 0 fully saturated rings. The molecule has 0 saturated carbocycles. The molecular formula is C27H39ClNO8PS. The SMILES string of the molecule is COP(=O)(OC)OC[C@](C)(CCc1ccc(Sc2cc(OC(C)C)ccc2O)cc1Cl)NC(=O)OC(C)(C)C. The fourth-order valence-corrected chi connectivity index (χ4v) is 5.43. The number of phenolic OH excluding ortho intramolecular Hbond substituents is 1. The van der Waals surface area contributed by atoms with E-state index in [1.165, 1.54) is 26.0 Å². The van der Waals surface area contributed by atoms with Crippen molar-refractivity contribution in [3.63, 3.8) is 0 Å². The third-order valence-electron chi connectivity index (χ3n) is 5.29. The van der Waals surface area contributed by atoms with Crippen LogP contribution in [0.5, 0.6) is 11.5 Å². The number of carbonyl (C=O) groups excluding carboxylic acids is 1. The third kappa shape index (κ3) is 11.2. The molecule has 0 aliphatic rings. The normalized spacial score (nSPS) is 13.7. The van der Waals surface area contributed by atoms with E-state index in [-0.39, 0.29) is 18.5 Å². The summed E-state index contributed by atoms with van der Waals surface area (Å²) in [6.07, 6.45) is 0.214. The van der Waals surface area contributed by atoms with E-state index >= 15 is 0 Å². The van der Waals surface area contributed by atoms with Crippen molar-refractivity contribution in [2.75, 3.05) is 20.8 Å².